The Bertz CT molecular complexity index is 943. The molecule has 3 unspecified atom stereocenters. The molecule has 12 heteroatoms. The molecule has 3 N–H and O–H groups in total. The summed E-state index contributed by atoms with van der Waals surface area (Å²) < 4.78 is 33.0. The number of nitrogens with zero attached hydrogens (tertiary/aromatic N) is 1. The number of hydrogen-bond acceptors (Lipinski definition) is 6. The standard InChI is InChI=1S/C27H42F2N4O6.C3H8/c1-6-9-18(21(34)23(36)30-15-7-2)31-22(35)19-10-8-16-33(19)24(37)20(32-25(38)39-26(3,4)5)17-11-13-27(28,29)14-12-17;1-3-2/h7,17-20H,2,6,8-16H2,1,3-5H3,(H,30,36)(H,31,35)(H,32,38);3H2,1-2H3. The Balaban J connectivity index is 0.00000281. The van der Waals surface area contributed by atoms with Crippen molar-refractivity contribution in [2.24, 2.45) is 5.92 Å². The van der Waals surface area contributed by atoms with Crippen molar-refractivity contribution in [2.45, 2.75) is 129 Å². The second-order valence-electron chi connectivity index (χ2n) is 11.9. The first kappa shape index (κ1) is 37.0. The summed E-state index contributed by atoms with van der Waals surface area (Å²) >= 11 is 0. The van der Waals surface area contributed by atoms with E-state index in [-0.39, 0.29) is 32.4 Å². The number of alkyl halides is 2. The van der Waals surface area contributed by atoms with E-state index in [1.165, 1.54) is 17.4 Å². The molecule has 0 spiro atoms. The van der Waals surface area contributed by atoms with Crippen molar-refractivity contribution in [3.63, 3.8) is 0 Å². The van der Waals surface area contributed by atoms with Crippen LogP contribution in [0.3, 0.4) is 0 Å². The molecular weight excluding hydrogens is 550 g/mol. The molecule has 1 saturated heterocycles. The lowest BCUT2D eigenvalue weighted by Gasteiger charge is -2.36. The first-order valence-electron chi connectivity index (χ1n) is 15.0. The zero-order chi connectivity index (χ0) is 32.1. The predicted octanol–water partition coefficient (Wildman–Crippen LogP) is 4.27. The van der Waals surface area contributed by atoms with Gasteiger partial charge in [-0.05, 0) is 58.8 Å². The number of carbonyl (C=O) groups is 5. The van der Waals surface area contributed by atoms with Crippen LogP contribution in [0.4, 0.5) is 13.6 Å². The highest BCUT2D eigenvalue weighted by Crippen LogP contribution is 2.38. The molecule has 1 aliphatic carbocycles. The monoisotopic (exact) mass is 600 g/mol. The fraction of sp³-hybridized carbons (Fsp3) is 0.767. The molecule has 1 aliphatic heterocycles. The Morgan fingerprint density at radius 2 is 1.64 bits per heavy atom. The van der Waals surface area contributed by atoms with Gasteiger partial charge in [0, 0.05) is 25.9 Å². The maximum absolute atomic E-state index is 13.8. The molecule has 4 amide bonds. The van der Waals surface area contributed by atoms with Gasteiger partial charge in [-0.1, -0.05) is 39.7 Å². The molecular formula is C30H50F2N4O6. The number of halogens is 2. The summed E-state index contributed by atoms with van der Waals surface area (Å²) in [7, 11) is 0. The van der Waals surface area contributed by atoms with Crippen LogP contribution in [0.15, 0.2) is 12.7 Å². The van der Waals surface area contributed by atoms with Crippen LogP contribution in [0, 0.1) is 5.92 Å². The third-order valence-corrected chi connectivity index (χ3v) is 6.85. The van der Waals surface area contributed by atoms with E-state index in [4.69, 9.17) is 4.74 Å². The zero-order valence-corrected chi connectivity index (χ0v) is 26.0. The Hall–Kier alpha value is -3.05. The largest absolute Gasteiger partial charge is 0.444 e. The molecule has 10 nitrogen and oxygen atoms in total. The maximum Gasteiger partial charge on any atom is 0.408 e. The minimum Gasteiger partial charge on any atom is -0.444 e. The first-order valence-corrected chi connectivity index (χ1v) is 15.0. The number of carbonyl (C=O) groups excluding carboxylic acids is 5. The number of Topliss-reactive ketones (excluding diaryl/α,β-unsaturated/α-hetero) is 1. The van der Waals surface area contributed by atoms with E-state index in [2.05, 4.69) is 36.4 Å². The van der Waals surface area contributed by atoms with Gasteiger partial charge in [-0.3, -0.25) is 19.2 Å². The highest BCUT2D eigenvalue weighted by atomic mass is 19.3. The molecule has 0 bridgehead atoms. The fourth-order valence-corrected chi connectivity index (χ4v) is 4.93. The molecule has 2 fully saturated rings. The Morgan fingerprint density at radius 3 is 2.17 bits per heavy atom. The lowest BCUT2D eigenvalue weighted by Crippen LogP contribution is -2.58. The van der Waals surface area contributed by atoms with Gasteiger partial charge >= 0.3 is 6.09 Å². The molecule has 0 aromatic rings. The minimum atomic E-state index is -2.83. The number of amides is 4. The predicted molar refractivity (Wildman–Crippen MR) is 156 cm³/mol. The molecule has 42 heavy (non-hydrogen) atoms. The molecule has 0 aromatic heterocycles. The van der Waals surface area contributed by atoms with Gasteiger partial charge < -0.3 is 25.6 Å². The molecule has 0 radical (unpaired) electrons. The number of ether oxygens (including phenoxy) is 1. The van der Waals surface area contributed by atoms with Crippen LogP contribution >= 0.6 is 0 Å². The topological polar surface area (TPSA) is 134 Å². The van der Waals surface area contributed by atoms with Crippen molar-refractivity contribution in [1.82, 2.24) is 20.9 Å². The Labute approximate surface area is 248 Å². The first-order chi connectivity index (χ1) is 19.6. The number of likely N-dealkylation sites (tertiary alicyclic amines) is 1. The maximum atomic E-state index is 13.8. The van der Waals surface area contributed by atoms with Crippen molar-refractivity contribution < 1.29 is 37.5 Å². The Kier molecular flexibility index (Phi) is 15.1. The van der Waals surface area contributed by atoms with E-state index in [0.717, 1.165) is 0 Å². The number of alkyl carbamates (subject to hydrolysis) is 1. The minimum absolute atomic E-state index is 0.0246. The molecule has 240 valence electrons. The van der Waals surface area contributed by atoms with Gasteiger partial charge in [-0.15, -0.1) is 6.58 Å². The average Bonchev–Trinajstić information content (AvgIpc) is 3.39. The number of rotatable bonds is 11. The molecule has 1 saturated carbocycles. The number of nitrogens with one attached hydrogen (secondary N) is 3. The Morgan fingerprint density at radius 1 is 1.05 bits per heavy atom. The summed E-state index contributed by atoms with van der Waals surface area (Å²) in [6.45, 7) is 14.9. The van der Waals surface area contributed by atoms with Crippen LogP contribution in [0.1, 0.15) is 99.3 Å². The SMILES string of the molecule is C=CCNC(=O)C(=O)C(CCC)NC(=O)C1CCCN1C(=O)C(NC(=O)OC(C)(C)C)C1CCC(F)(F)CC1.CCC. The van der Waals surface area contributed by atoms with Crippen molar-refractivity contribution in [3.8, 4) is 0 Å². The van der Waals surface area contributed by atoms with Crippen molar-refractivity contribution in [2.75, 3.05) is 13.1 Å². The van der Waals surface area contributed by atoms with Gasteiger partial charge in [0.05, 0.1) is 6.04 Å². The summed E-state index contributed by atoms with van der Waals surface area (Å²) in [4.78, 5) is 65.7. The normalized spacial score (nSPS) is 19.8. The fourth-order valence-electron chi connectivity index (χ4n) is 4.93. The van der Waals surface area contributed by atoms with Gasteiger partial charge in [-0.25, -0.2) is 13.6 Å². The third-order valence-electron chi connectivity index (χ3n) is 6.85. The van der Waals surface area contributed by atoms with Gasteiger partial charge in [-0.2, -0.15) is 0 Å². The van der Waals surface area contributed by atoms with Gasteiger partial charge in [0.25, 0.3) is 5.91 Å². The van der Waals surface area contributed by atoms with E-state index in [1.807, 2.05) is 0 Å². The molecule has 0 aromatic carbocycles. The zero-order valence-electron chi connectivity index (χ0n) is 26.0. The van der Waals surface area contributed by atoms with Gasteiger partial charge in [0.2, 0.25) is 23.5 Å². The highest BCUT2D eigenvalue weighted by Gasteiger charge is 2.45. The van der Waals surface area contributed by atoms with Crippen LogP contribution in [-0.4, -0.2) is 77.2 Å². The van der Waals surface area contributed by atoms with E-state index in [0.29, 0.717) is 19.3 Å². The van der Waals surface area contributed by atoms with Crippen LogP contribution in [-0.2, 0) is 23.9 Å². The lowest BCUT2D eigenvalue weighted by molar-refractivity contribution is -0.144. The second-order valence-corrected chi connectivity index (χ2v) is 11.9. The summed E-state index contributed by atoms with van der Waals surface area (Å²) in [6, 6.07) is -3.16. The van der Waals surface area contributed by atoms with E-state index < -0.39 is 78.0 Å². The number of ketones is 1. The third kappa shape index (κ3) is 12.1. The molecule has 1 heterocycles. The van der Waals surface area contributed by atoms with Crippen molar-refractivity contribution in [1.29, 1.82) is 0 Å². The summed E-state index contributed by atoms with van der Waals surface area (Å²) in [6.07, 6.45) is 2.62. The van der Waals surface area contributed by atoms with E-state index in [9.17, 15) is 32.8 Å². The lowest BCUT2D eigenvalue weighted by atomic mass is 9.81. The molecule has 2 aliphatic rings. The smallest absolute Gasteiger partial charge is 0.408 e. The quantitative estimate of drug-likeness (QED) is 0.240. The van der Waals surface area contributed by atoms with E-state index >= 15 is 0 Å². The summed E-state index contributed by atoms with van der Waals surface area (Å²) in [5, 5.41) is 7.60. The molecule has 2 rings (SSSR count). The van der Waals surface area contributed by atoms with E-state index in [1.54, 1.807) is 27.7 Å². The van der Waals surface area contributed by atoms with Crippen LogP contribution in [0.2, 0.25) is 0 Å². The van der Waals surface area contributed by atoms with Gasteiger partial charge in [0.1, 0.15) is 17.7 Å². The van der Waals surface area contributed by atoms with Crippen LogP contribution < -0.4 is 16.0 Å². The van der Waals surface area contributed by atoms with Gasteiger partial charge in [0.15, 0.2) is 0 Å². The van der Waals surface area contributed by atoms with Crippen molar-refractivity contribution in [3.05, 3.63) is 12.7 Å². The molecule has 3 atom stereocenters. The summed E-state index contributed by atoms with van der Waals surface area (Å²) in [5.41, 5.74) is -0.841. The van der Waals surface area contributed by atoms with Crippen LogP contribution in [0.25, 0.3) is 0 Å². The van der Waals surface area contributed by atoms with Crippen molar-refractivity contribution >= 4 is 29.6 Å². The number of hydrogen-bond donors (Lipinski definition) is 3. The highest BCUT2D eigenvalue weighted by molar-refractivity contribution is 6.38. The average molecular weight is 601 g/mol. The second kappa shape index (κ2) is 17.2. The van der Waals surface area contributed by atoms with Crippen LogP contribution in [0.5, 0.6) is 0 Å². The summed E-state index contributed by atoms with van der Waals surface area (Å²) in [5.74, 6) is -6.17.